The minimum atomic E-state index is 0. The van der Waals surface area contributed by atoms with Gasteiger partial charge in [-0.25, -0.2) is 0 Å². The summed E-state index contributed by atoms with van der Waals surface area (Å²) in [6, 6.07) is 0. The van der Waals surface area contributed by atoms with Crippen molar-refractivity contribution in [1.29, 1.82) is 0 Å². The molecule has 0 aromatic rings. The monoisotopic (exact) mass is 1100 g/mol. The molecule has 0 aliphatic carbocycles. The van der Waals surface area contributed by atoms with Crippen LogP contribution in [0.5, 0.6) is 0 Å². The predicted molar refractivity (Wildman–Crippen MR) is 150 cm³/mol. The molecule has 0 N–H and O–H groups in total. The first-order valence-electron chi connectivity index (χ1n) is 8.60. The van der Waals surface area contributed by atoms with E-state index < -0.39 is 0 Å². The molecule has 0 aromatic carbocycles. The van der Waals surface area contributed by atoms with Gasteiger partial charge in [-0.3, -0.25) is 0 Å². The van der Waals surface area contributed by atoms with Crippen LogP contribution in [0.3, 0.4) is 0 Å². The number of hydrogen-bond donors (Lipinski definition) is 0. The van der Waals surface area contributed by atoms with Crippen molar-refractivity contribution >= 4 is 86.1 Å². The smallest absolute Gasteiger partial charge is 0.205 e. The van der Waals surface area contributed by atoms with Crippen molar-refractivity contribution in [3.8, 4) is 0 Å². The molecule has 0 aliphatic rings. The van der Waals surface area contributed by atoms with E-state index >= 15 is 0 Å². The van der Waals surface area contributed by atoms with Crippen LogP contribution in [0.25, 0.3) is 0 Å². The number of hydrogen-bond acceptors (Lipinski definition) is 0. The van der Waals surface area contributed by atoms with Gasteiger partial charge in [-0.1, -0.05) is 115 Å². The summed E-state index contributed by atoms with van der Waals surface area (Å²) in [5.41, 5.74) is 0.515. The Morgan fingerprint density at radius 2 is 1.24 bits per heavy atom. The third-order valence-electron chi connectivity index (χ3n) is 1.98. The van der Waals surface area contributed by atoms with Crippen LogP contribution < -0.4 is 0 Å². The van der Waals surface area contributed by atoms with E-state index in [4.69, 9.17) is 0 Å². The molecule has 0 saturated carbocycles. The van der Waals surface area contributed by atoms with E-state index in [2.05, 4.69) is 104 Å². The maximum absolute atomic E-state index is 3.49. The molecule has 0 saturated heterocycles. The van der Waals surface area contributed by atoms with E-state index in [1.165, 1.54) is 37.9 Å². The quantitative estimate of drug-likeness (QED) is 0.0987. The molecule has 0 nitrogen and oxygen atoms in total. The summed E-state index contributed by atoms with van der Waals surface area (Å²) in [6.07, 6.45) is 11.1. The van der Waals surface area contributed by atoms with E-state index in [0.29, 0.717) is 0 Å². The minimum Gasteiger partial charge on any atom is -0.344 e. The molecular weight excluding hydrogens is 1060 g/mol. The third-order valence-corrected chi connectivity index (χ3v) is 17.2. The fraction of sp³-hybridized carbons (Fsp3) is 0.867. The molecule has 0 amide bonds. The maximum atomic E-state index is 3.49. The summed E-state index contributed by atoms with van der Waals surface area (Å²) < 4.78 is 0. The van der Waals surface area contributed by atoms with Gasteiger partial charge in [-0.15, -0.1) is 0 Å². The van der Waals surface area contributed by atoms with Gasteiger partial charge >= 0.3 is 0 Å². The second kappa shape index (κ2) is 43.3. The predicted octanol–water partition coefficient (Wildman–Crippen LogP) is 9.10. The fourth-order valence-corrected chi connectivity index (χ4v) is 7.93. The van der Waals surface area contributed by atoms with Crippen molar-refractivity contribution in [1.82, 2.24) is 0 Å². The second-order valence-corrected chi connectivity index (χ2v) is 17.9. The van der Waals surface area contributed by atoms with Gasteiger partial charge in [0.15, 0.2) is 6.72 Å². The summed E-state index contributed by atoms with van der Waals surface area (Å²) >= 11 is 5.13. The first-order valence-corrected chi connectivity index (χ1v) is 18.7. The molecule has 0 spiro atoms. The summed E-state index contributed by atoms with van der Waals surface area (Å²) in [4.78, 5) is 0. The van der Waals surface area contributed by atoms with Gasteiger partial charge in [0, 0.05) is 62.2 Å². The van der Waals surface area contributed by atoms with Gasteiger partial charge in [0.1, 0.15) is 0 Å². The Morgan fingerprint density at radius 1 is 0.880 bits per heavy atom. The van der Waals surface area contributed by atoms with Crippen molar-refractivity contribution in [2.24, 2.45) is 0 Å². The molecule has 0 fully saturated rings. The van der Waals surface area contributed by atoms with Gasteiger partial charge in [0.25, 0.3) is 0 Å². The van der Waals surface area contributed by atoms with E-state index in [1.54, 1.807) is 0 Å². The molecule has 0 rings (SSSR count). The molecule has 0 bridgehead atoms. The molecule has 25 heavy (non-hydrogen) atoms. The van der Waals surface area contributed by atoms with Crippen LogP contribution >= 0.6 is 73.2 Å². The molecule has 0 aromatic heterocycles. The average molecular weight is 1090 g/mol. The van der Waals surface area contributed by atoms with E-state index in [1.807, 2.05) is 13.8 Å². The van der Waals surface area contributed by atoms with Gasteiger partial charge in [0.05, 0.1) is 0 Å². The van der Waals surface area contributed by atoms with Crippen molar-refractivity contribution in [2.75, 3.05) is 12.3 Å². The van der Waals surface area contributed by atoms with Crippen LogP contribution in [0.15, 0.2) is 0 Å². The molecule has 149 valence electrons. The van der Waals surface area contributed by atoms with E-state index in [9.17, 15) is 0 Å². The first kappa shape index (κ1) is 44.1. The maximum Gasteiger partial charge on any atom is 0.205 e. The molecule has 4 atom stereocenters. The Labute approximate surface area is 243 Å². The standard InChI is InChI=1S/C6H16BIP2.C3H9BIP2.2C3H7.2U/c1-3-5-7(9)10(8)6-4-2;1-2-3-7(5)4-6;2*1-3-2;;/h3-6,9H2,1-2H3;2-3,6H2,1H3;2*1,3H2,2H3;;/q;;2*-1;;. The van der Waals surface area contributed by atoms with E-state index in [0.717, 1.165) is 19.0 Å². The summed E-state index contributed by atoms with van der Waals surface area (Å²) in [5, 5.41) is 0. The third kappa shape index (κ3) is 53.0. The van der Waals surface area contributed by atoms with Gasteiger partial charge in [-0.2, -0.15) is 31.1 Å². The Hall–Kier alpha value is 5.41. The Kier molecular flexibility index (Phi) is 76.5. The van der Waals surface area contributed by atoms with Gasteiger partial charge < -0.3 is 13.8 Å². The Morgan fingerprint density at radius 3 is 1.44 bits per heavy atom. The van der Waals surface area contributed by atoms with Crippen molar-refractivity contribution in [3.63, 3.8) is 0 Å². The zero-order valence-electron chi connectivity index (χ0n) is 17.0. The number of rotatable bonds is 8. The largest absolute Gasteiger partial charge is 0.344 e. The average Bonchev–Trinajstić information content (AvgIpc) is 2.50. The van der Waals surface area contributed by atoms with Crippen LogP contribution in [0.1, 0.15) is 66.7 Å². The summed E-state index contributed by atoms with van der Waals surface area (Å²) in [6.45, 7) is 20.0. The second-order valence-electron chi connectivity index (χ2n) is 4.75. The summed E-state index contributed by atoms with van der Waals surface area (Å²) in [7, 11) is 5.65. The Balaban J connectivity index is -0.0000000530. The fourth-order valence-electron chi connectivity index (χ4n) is 1.10. The summed E-state index contributed by atoms with van der Waals surface area (Å²) in [5.74, 6) is 0. The molecular formula is C15H39B2I2P4U2-2. The molecule has 1 radical (unpaired) electrons. The molecule has 0 heterocycles. The molecule has 0 aliphatic heterocycles. The van der Waals surface area contributed by atoms with Crippen LogP contribution in [0.4, 0.5) is 0 Å². The van der Waals surface area contributed by atoms with Crippen molar-refractivity contribution in [3.05, 3.63) is 13.8 Å². The topological polar surface area (TPSA) is 0 Å². The van der Waals surface area contributed by atoms with Crippen LogP contribution in [0.2, 0.25) is 6.32 Å². The molecule has 4 unspecified atom stereocenters. The normalized spacial score (nSPS) is 10.5. The molecule has 10 heteroatoms. The van der Waals surface area contributed by atoms with Crippen LogP contribution in [-0.4, -0.2) is 25.2 Å². The van der Waals surface area contributed by atoms with Crippen LogP contribution in [0, 0.1) is 76.1 Å². The zero-order chi connectivity index (χ0) is 19.1. The van der Waals surface area contributed by atoms with Crippen LogP contribution in [-0.2, 0) is 0 Å². The minimum absolute atomic E-state index is 0. The Bertz CT molecular complexity index is 182. The van der Waals surface area contributed by atoms with Crippen molar-refractivity contribution in [2.45, 2.75) is 73.0 Å². The SMILES string of the molecule is CCCB(P)P(I)CCC.CCCP(I)[B]P.[CH2-]CC.[CH2-]CC.[U].[U]. The zero-order valence-corrected chi connectivity index (χ0v) is 33.8. The van der Waals surface area contributed by atoms with Gasteiger partial charge in [0.2, 0.25) is 6.15 Å². The van der Waals surface area contributed by atoms with E-state index in [-0.39, 0.29) is 73.1 Å². The van der Waals surface area contributed by atoms with Crippen molar-refractivity contribution < 1.29 is 62.2 Å². The first-order chi connectivity index (χ1) is 10.9. The van der Waals surface area contributed by atoms with Gasteiger partial charge in [-0.05, 0) is 12.3 Å². The number of halogens is 2.